The topological polar surface area (TPSA) is 72.5 Å². The maximum absolute atomic E-state index is 12.7. The van der Waals surface area contributed by atoms with Crippen molar-refractivity contribution < 1.29 is 14.2 Å². The molecule has 7 heteroatoms. The second-order valence-electron chi connectivity index (χ2n) is 7.79. The fourth-order valence-electron chi connectivity index (χ4n) is 4.04. The van der Waals surface area contributed by atoms with Crippen molar-refractivity contribution in [3.8, 4) is 11.3 Å². The Kier molecular flexibility index (Phi) is 5.06. The van der Waals surface area contributed by atoms with Gasteiger partial charge in [-0.15, -0.1) is 11.3 Å². The summed E-state index contributed by atoms with van der Waals surface area (Å²) in [5.74, 6) is 0.315. The van der Waals surface area contributed by atoms with Gasteiger partial charge in [-0.05, 0) is 19.1 Å². The highest BCUT2D eigenvalue weighted by Crippen LogP contribution is 2.28. The molecule has 0 aliphatic carbocycles. The number of benzene rings is 2. The molecule has 1 unspecified atom stereocenters. The van der Waals surface area contributed by atoms with Gasteiger partial charge >= 0.3 is 0 Å². The number of aromatic nitrogens is 2. The first-order valence-corrected chi connectivity index (χ1v) is 11.0. The number of carbonyl (C=O) groups is 1. The van der Waals surface area contributed by atoms with Gasteiger partial charge in [0, 0.05) is 24.5 Å². The van der Waals surface area contributed by atoms with Gasteiger partial charge in [-0.2, -0.15) is 0 Å². The van der Waals surface area contributed by atoms with E-state index in [0.29, 0.717) is 18.1 Å². The van der Waals surface area contributed by atoms with E-state index < -0.39 is 0 Å². The molecule has 2 aromatic carbocycles. The fraction of sp³-hybridized carbons (Fsp3) is 0.261. The number of nitrogens with zero attached hydrogens (tertiary/aromatic N) is 2. The molecular formula is C23H23N4O2S+. The van der Waals surface area contributed by atoms with Gasteiger partial charge < -0.3 is 9.42 Å². The van der Waals surface area contributed by atoms with Crippen LogP contribution in [0.25, 0.3) is 21.5 Å². The molecule has 1 saturated heterocycles. The largest absolute Gasteiger partial charge is 0.338 e. The Labute approximate surface area is 178 Å². The van der Waals surface area contributed by atoms with Crippen LogP contribution in [0.3, 0.4) is 0 Å². The summed E-state index contributed by atoms with van der Waals surface area (Å²) in [6.45, 7) is 3.40. The molecule has 0 radical (unpaired) electrons. The molecule has 0 spiro atoms. The number of hydrogen-bond acceptors (Lipinski definition) is 5. The van der Waals surface area contributed by atoms with Crippen LogP contribution in [0, 0.1) is 6.92 Å². The second-order valence-corrected chi connectivity index (χ2v) is 8.85. The lowest BCUT2D eigenvalue weighted by Crippen LogP contribution is -3.11. The monoisotopic (exact) mass is 419 g/mol. The minimum atomic E-state index is -0.0652. The predicted octanol–water partition coefficient (Wildman–Crippen LogP) is 3.62. The minimum absolute atomic E-state index is 0.0652. The number of para-hydroxylation sites is 1. The lowest BCUT2D eigenvalue weighted by Gasteiger charge is -2.18. The van der Waals surface area contributed by atoms with Gasteiger partial charge in [-0.1, -0.05) is 47.1 Å². The third-order valence-electron chi connectivity index (χ3n) is 5.60. The van der Waals surface area contributed by atoms with Crippen LogP contribution >= 0.6 is 11.3 Å². The first-order valence-electron chi connectivity index (χ1n) is 10.2. The van der Waals surface area contributed by atoms with E-state index in [1.54, 1.807) is 17.4 Å². The van der Waals surface area contributed by atoms with Crippen molar-refractivity contribution in [1.82, 2.24) is 10.1 Å². The zero-order chi connectivity index (χ0) is 20.5. The molecule has 4 aromatic rings. The van der Waals surface area contributed by atoms with Crippen LogP contribution in [0.15, 0.2) is 59.1 Å². The van der Waals surface area contributed by atoms with E-state index in [0.717, 1.165) is 35.5 Å². The number of carbonyl (C=O) groups excluding carboxylic acids is 1. The molecule has 1 amide bonds. The summed E-state index contributed by atoms with van der Waals surface area (Å²) in [6, 6.07) is 18.3. The number of likely N-dealkylation sites (tertiary alicyclic amines) is 1. The zero-order valence-electron chi connectivity index (χ0n) is 16.7. The summed E-state index contributed by atoms with van der Waals surface area (Å²) in [6.07, 6.45) is 2.16. The zero-order valence-corrected chi connectivity index (χ0v) is 17.5. The van der Waals surface area contributed by atoms with Crippen LogP contribution in [-0.4, -0.2) is 29.1 Å². The van der Waals surface area contributed by atoms with Crippen molar-refractivity contribution in [2.75, 3.05) is 18.4 Å². The van der Waals surface area contributed by atoms with E-state index in [1.165, 1.54) is 15.2 Å². The van der Waals surface area contributed by atoms with E-state index in [2.05, 4.69) is 16.5 Å². The highest BCUT2D eigenvalue weighted by molar-refractivity contribution is 7.18. The average Bonchev–Trinajstić information content (AvgIpc) is 3.47. The number of thiazole rings is 1. The summed E-state index contributed by atoms with van der Waals surface area (Å²) in [5.41, 5.74) is 3.91. The fourth-order valence-corrected chi connectivity index (χ4v) is 5.20. The molecule has 3 heterocycles. The summed E-state index contributed by atoms with van der Waals surface area (Å²) < 4.78 is 6.54. The van der Waals surface area contributed by atoms with Gasteiger partial charge in [0.15, 0.2) is 11.6 Å². The molecular weight excluding hydrogens is 396 g/mol. The van der Waals surface area contributed by atoms with Gasteiger partial charge in [0.1, 0.15) is 11.7 Å². The number of anilines is 1. The first-order chi connectivity index (χ1) is 14.7. The molecule has 1 aliphatic heterocycles. The van der Waals surface area contributed by atoms with Crippen LogP contribution in [-0.2, 0) is 4.79 Å². The number of quaternary nitrogens is 1. The van der Waals surface area contributed by atoms with Gasteiger partial charge in [-0.25, -0.2) is 4.98 Å². The Morgan fingerprint density at radius 2 is 2.07 bits per heavy atom. The van der Waals surface area contributed by atoms with Crippen LogP contribution in [0.1, 0.15) is 29.5 Å². The molecule has 30 heavy (non-hydrogen) atoms. The molecule has 2 N–H and O–H groups in total. The van der Waals surface area contributed by atoms with E-state index in [-0.39, 0.29) is 11.9 Å². The Balaban J connectivity index is 1.25. The van der Waals surface area contributed by atoms with Gasteiger partial charge in [-0.3, -0.25) is 10.1 Å². The molecule has 0 bridgehead atoms. The number of hydrogen-bond donors (Lipinski definition) is 2. The Morgan fingerprint density at radius 1 is 1.23 bits per heavy atom. The molecule has 2 aromatic heterocycles. The van der Waals surface area contributed by atoms with Crippen LogP contribution in [0.5, 0.6) is 0 Å². The predicted molar refractivity (Wildman–Crippen MR) is 118 cm³/mol. The molecule has 1 aliphatic rings. The van der Waals surface area contributed by atoms with Gasteiger partial charge in [0.25, 0.3) is 5.91 Å². The summed E-state index contributed by atoms with van der Waals surface area (Å²) in [5, 5.41) is 8.07. The minimum Gasteiger partial charge on any atom is -0.338 e. The van der Waals surface area contributed by atoms with Gasteiger partial charge in [0.2, 0.25) is 5.88 Å². The maximum Gasteiger partial charge on any atom is 0.281 e. The van der Waals surface area contributed by atoms with Crippen molar-refractivity contribution in [2.45, 2.75) is 25.8 Å². The van der Waals surface area contributed by atoms with Gasteiger partial charge in [0.05, 0.1) is 16.8 Å². The lowest BCUT2D eigenvalue weighted by molar-refractivity contribution is -0.910. The van der Waals surface area contributed by atoms with Crippen LogP contribution in [0.2, 0.25) is 0 Å². The number of rotatable bonds is 5. The third kappa shape index (κ3) is 3.86. The highest BCUT2D eigenvalue weighted by Gasteiger charge is 2.34. The van der Waals surface area contributed by atoms with E-state index in [1.807, 2.05) is 49.4 Å². The Bertz CT molecular complexity index is 1150. The van der Waals surface area contributed by atoms with Crippen molar-refractivity contribution in [3.05, 3.63) is 65.2 Å². The first kappa shape index (κ1) is 19.0. The molecule has 1 fully saturated rings. The quantitative estimate of drug-likeness (QED) is 0.518. The smallest absolute Gasteiger partial charge is 0.281 e. The summed E-state index contributed by atoms with van der Waals surface area (Å²) >= 11 is 1.74. The number of aryl methyl sites for hydroxylation is 1. The molecule has 5 rings (SSSR count). The highest BCUT2D eigenvalue weighted by atomic mass is 32.1. The average molecular weight is 420 g/mol. The SMILES string of the molecule is Cc1ccc(-c2cc(NC(=O)C[NH+]3CCC[C@@H]3c3nc4ccccc4s3)on2)cc1. The van der Waals surface area contributed by atoms with E-state index in [4.69, 9.17) is 9.51 Å². The van der Waals surface area contributed by atoms with Crippen LogP contribution in [0.4, 0.5) is 5.88 Å². The number of nitrogens with one attached hydrogen (secondary N) is 2. The molecule has 0 saturated carbocycles. The van der Waals surface area contributed by atoms with Crippen LogP contribution < -0.4 is 10.2 Å². The normalized spacial score (nSPS) is 18.7. The second kappa shape index (κ2) is 8.01. The number of fused-ring (bicyclic) bond motifs is 1. The summed E-state index contributed by atoms with van der Waals surface area (Å²) in [4.78, 5) is 18.7. The molecule has 2 atom stereocenters. The van der Waals surface area contributed by atoms with Crippen molar-refractivity contribution in [2.24, 2.45) is 0 Å². The van der Waals surface area contributed by atoms with E-state index >= 15 is 0 Å². The maximum atomic E-state index is 12.7. The Hall–Kier alpha value is -3.03. The van der Waals surface area contributed by atoms with Crippen molar-refractivity contribution in [3.63, 3.8) is 0 Å². The molecule has 152 valence electrons. The Morgan fingerprint density at radius 3 is 2.90 bits per heavy atom. The number of amides is 1. The molecule has 6 nitrogen and oxygen atoms in total. The summed E-state index contributed by atoms with van der Waals surface area (Å²) in [7, 11) is 0. The third-order valence-corrected chi connectivity index (χ3v) is 6.75. The van der Waals surface area contributed by atoms with Crippen molar-refractivity contribution in [1.29, 1.82) is 0 Å². The standard InChI is InChI=1S/C23H22N4O2S/c1-15-8-10-16(11-9-15)18-13-22(29-26-18)25-21(28)14-27-12-4-6-19(27)23-24-17-5-2-3-7-20(17)30-23/h2-3,5,7-11,13,19H,4,6,12,14H2,1H3,(H,25,28)/p+1/t19-/m1/s1. The van der Waals surface area contributed by atoms with Crippen molar-refractivity contribution >= 4 is 33.3 Å². The van der Waals surface area contributed by atoms with E-state index in [9.17, 15) is 4.79 Å². The lowest BCUT2D eigenvalue weighted by atomic mass is 10.1.